The maximum atomic E-state index is 12.5. The number of aryl methyl sites for hydroxylation is 1. The molecule has 8 nitrogen and oxygen atoms in total. The van der Waals surface area contributed by atoms with Crippen molar-refractivity contribution >= 4 is 34.4 Å². The first kappa shape index (κ1) is 22.5. The van der Waals surface area contributed by atoms with Crippen LogP contribution in [0.2, 0.25) is 0 Å². The number of carbonyl (C=O) groups is 3. The summed E-state index contributed by atoms with van der Waals surface area (Å²) in [5.41, 5.74) is 4.96. The van der Waals surface area contributed by atoms with Gasteiger partial charge in [-0.05, 0) is 36.1 Å². The molecule has 3 N–H and O–H groups in total. The normalized spacial score (nSPS) is 13.0. The number of ether oxygens (including phenoxy) is 1. The molecular formula is C24H23N3O5S. The van der Waals surface area contributed by atoms with E-state index in [2.05, 4.69) is 27.8 Å². The van der Waals surface area contributed by atoms with Crippen LogP contribution in [0.3, 0.4) is 0 Å². The largest absolute Gasteiger partial charge is 0.481 e. The monoisotopic (exact) mass is 465 g/mol. The lowest BCUT2D eigenvalue weighted by Crippen LogP contribution is -2.34. The Bertz CT molecular complexity index is 1180. The number of anilines is 1. The number of benzene rings is 2. The van der Waals surface area contributed by atoms with E-state index in [1.54, 1.807) is 13.8 Å². The minimum Gasteiger partial charge on any atom is -0.481 e. The fourth-order valence-corrected chi connectivity index (χ4v) is 4.84. The molecule has 1 atom stereocenters. The fraction of sp³-hybridized carbons (Fsp3) is 0.250. The average molecular weight is 466 g/mol. The highest BCUT2D eigenvalue weighted by Crippen LogP contribution is 2.44. The number of aromatic nitrogens is 1. The molecule has 0 fully saturated rings. The Hall–Kier alpha value is -3.72. The van der Waals surface area contributed by atoms with Crippen molar-refractivity contribution in [2.45, 2.75) is 32.2 Å². The van der Waals surface area contributed by atoms with Crippen LogP contribution < -0.4 is 10.6 Å². The summed E-state index contributed by atoms with van der Waals surface area (Å²) in [4.78, 5) is 40.2. The molecule has 33 heavy (non-hydrogen) atoms. The molecule has 9 heteroatoms. The van der Waals surface area contributed by atoms with Gasteiger partial charge in [-0.3, -0.25) is 14.9 Å². The summed E-state index contributed by atoms with van der Waals surface area (Å²) in [5.74, 6) is -1.49. The van der Waals surface area contributed by atoms with Crippen LogP contribution in [0, 0.1) is 6.92 Å². The van der Waals surface area contributed by atoms with Gasteiger partial charge in [0.15, 0.2) is 5.13 Å². The van der Waals surface area contributed by atoms with Crippen LogP contribution in [-0.2, 0) is 9.53 Å². The van der Waals surface area contributed by atoms with E-state index in [0.717, 1.165) is 33.6 Å². The molecule has 1 heterocycles. The lowest BCUT2D eigenvalue weighted by Gasteiger charge is -2.14. The number of carboxylic acid groups (broad SMARTS) is 1. The Morgan fingerprint density at radius 1 is 1.09 bits per heavy atom. The van der Waals surface area contributed by atoms with E-state index in [-0.39, 0.29) is 24.1 Å². The molecule has 1 aliphatic carbocycles. The van der Waals surface area contributed by atoms with Crippen molar-refractivity contribution in [3.63, 3.8) is 0 Å². The van der Waals surface area contributed by atoms with Gasteiger partial charge in [-0.15, -0.1) is 0 Å². The third-order valence-electron chi connectivity index (χ3n) is 5.41. The second kappa shape index (κ2) is 9.41. The van der Waals surface area contributed by atoms with Gasteiger partial charge in [0.05, 0.1) is 12.1 Å². The number of rotatable bonds is 7. The Morgan fingerprint density at radius 2 is 1.70 bits per heavy atom. The van der Waals surface area contributed by atoms with E-state index >= 15 is 0 Å². The van der Waals surface area contributed by atoms with E-state index in [9.17, 15) is 14.4 Å². The number of carbonyl (C=O) groups excluding carboxylic acids is 2. The first-order valence-corrected chi connectivity index (χ1v) is 11.3. The maximum absolute atomic E-state index is 12.5. The Labute approximate surface area is 194 Å². The van der Waals surface area contributed by atoms with Crippen LogP contribution in [0.5, 0.6) is 0 Å². The molecule has 0 saturated carbocycles. The first-order valence-electron chi connectivity index (χ1n) is 10.5. The molecule has 3 aromatic rings. The summed E-state index contributed by atoms with van der Waals surface area (Å²) in [7, 11) is 0. The number of aliphatic carboxylic acids is 1. The molecule has 0 aliphatic heterocycles. The Kier molecular flexibility index (Phi) is 6.41. The third kappa shape index (κ3) is 4.88. The van der Waals surface area contributed by atoms with Gasteiger partial charge in [-0.25, -0.2) is 9.78 Å². The quantitative estimate of drug-likeness (QED) is 0.476. The van der Waals surface area contributed by atoms with Crippen LogP contribution in [0.25, 0.3) is 11.1 Å². The fourth-order valence-electron chi connectivity index (χ4n) is 3.98. The van der Waals surface area contributed by atoms with Crippen molar-refractivity contribution in [2.24, 2.45) is 0 Å². The standard InChI is InChI=1S/C24H23N3O5S/c1-13(11-20(28)29)25-22(30)21-14(2)26-23(33-21)27-24(31)32-12-19-17-9-5-3-7-15(17)16-8-4-6-10-18(16)19/h3-10,13,19H,11-12H2,1-2H3,(H,25,30)(H,28,29)(H,26,27,31). The smallest absolute Gasteiger partial charge is 0.413 e. The lowest BCUT2D eigenvalue weighted by atomic mass is 9.98. The molecule has 2 amide bonds. The zero-order valence-corrected chi connectivity index (χ0v) is 18.9. The van der Waals surface area contributed by atoms with Crippen LogP contribution >= 0.6 is 11.3 Å². The summed E-state index contributed by atoms with van der Waals surface area (Å²) in [6, 6.07) is 15.6. The second-order valence-electron chi connectivity index (χ2n) is 7.86. The van der Waals surface area contributed by atoms with Gasteiger partial charge in [0.2, 0.25) is 0 Å². The second-order valence-corrected chi connectivity index (χ2v) is 8.86. The van der Waals surface area contributed by atoms with Gasteiger partial charge in [0, 0.05) is 12.0 Å². The highest BCUT2D eigenvalue weighted by molar-refractivity contribution is 7.17. The van der Waals surface area contributed by atoms with E-state index < -0.39 is 24.0 Å². The van der Waals surface area contributed by atoms with E-state index in [4.69, 9.17) is 9.84 Å². The number of nitrogens with zero attached hydrogens (tertiary/aromatic N) is 1. The van der Waals surface area contributed by atoms with Crippen LogP contribution in [-0.4, -0.2) is 40.7 Å². The number of nitrogens with one attached hydrogen (secondary N) is 2. The lowest BCUT2D eigenvalue weighted by molar-refractivity contribution is -0.137. The predicted molar refractivity (Wildman–Crippen MR) is 125 cm³/mol. The molecule has 4 rings (SSSR count). The number of thiazole rings is 1. The maximum Gasteiger partial charge on any atom is 0.413 e. The number of carboxylic acids is 1. The minimum absolute atomic E-state index is 0.0572. The highest BCUT2D eigenvalue weighted by atomic mass is 32.1. The molecule has 1 aliphatic rings. The molecule has 0 bridgehead atoms. The molecule has 0 radical (unpaired) electrons. The van der Waals surface area contributed by atoms with Crippen molar-refractivity contribution in [3.05, 3.63) is 70.2 Å². The molecule has 2 aromatic carbocycles. The molecule has 0 saturated heterocycles. The molecule has 1 aromatic heterocycles. The van der Waals surface area contributed by atoms with Crippen LogP contribution in [0.1, 0.15) is 45.8 Å². The van der Waals surface area contributed by atoms with Gasteiger partial charge in [0.1, 0.15) is 11.5 Å². The van der Waals surface area contributed by atoms with Gasteiger partial charge >= 0.3 is 12.1 Å². The summed E-state index contributed by atoms with van der Waals surface area (Å²) < 4.78 is 5.51. The van der Waals surface area contributed by atoms with Crippen molar-refractivity contribution in [1.82, 2.24) is 10.3 Å². The van der Waals surface area contributed by atoms with Gasteiger partial charge in [-0.2, -0.15) is 0 Å². The van der Waals surface area contributed by atoms with Crippen molar-refractivity contribution < 1.29 is 24.2 Å². The summed E-state index contributed by atoms with van der Waals surface area (Å²) in [6.45, 7) is 3.43. The topological polar surface area (TPSA) is 118 Å². The van der Waals surface area contributed by atoms with E-state index in [1.807, 2.05) is 36.4 Å². The number of fused-ring (bicyclic) bond motifs is 3. The molecule has 0 spiro atoms. The average Bonchev–Trinajstić information content (AvgIpc) is 3.29. The van der Waals surface area contributed by atoms with Gasteiger partial charge < -0.3 is 15.2 Å². The van der Waals surface area contributed by atoms with Crippen molar-refractivity contribution in [2.75, 3.05) is 11.9 Å². The minimum atomic E-state index is -0.999. The highest BCUT2D eigenvalue weighted by Gasteiger charge is 2.29. The van der Waals surface area contributed by atoms with Crippen molar-refractivity contribution in [3.8, 4) is 11.1 Å². The molecule has 170 valence electrons. The first-order chi connectivity index (χ1) is 15.8. The number of hydrogen-bond acceptors (Lipinski definition) is 6. The SMILES string of the molecule is Cc1nc(NC(=O)OCC2c3ccccc3-c3ccccc32)sc1C(=O)NC(C)CC(=O)O. The predicted octanol–water partition coefficient (Wildman–Crippen LogP) is 4.41. The summed E-state index contributed by atoms with van der Waals surface area (Å²) in [5, 5.41) is 14.3. The summed E-state index contributed by atoms with van der Waals surface area (Å²) in [6.07, 6.45) is -0.842. The van der Waals surface area contributed by atoms with Gasteiger partial charge in [0.25, 0.3) is 5.91 Å². The van der Waals surface area contributed by atoms with Crippen LogP contribution in [0.4, 0.5) is 9.93 Å². The zero-order valence-electron chi connectivity index (χ0n) is 18.1. The Balaban J connectivity index is 1.39. The van der Waals surface area contributed by atoms with E-state index in [0.29, 0.717) is 10.6 Å². The third-order valence-corrected chi connectivity index (χ3v) is 6.49. The summed E-state index contributed by atoms with van der Waals surface area (Å²) >= 11 is 1.01. The number of hydrogen-bond donors (Lipinski definition) is 3. The molecule has 1 unspecified atom stereocenters. The van der Waals surface area contributed by atoms with E-state index in [1.165, 1.54) is 0 Å². The van der Waals surface area contributed by atoms with Crippen LogP contribution in [0.15, 0.2) is 48.5 Å². The zero-order chi connectivity index (χ0) is 23.5. The van der Waals surface area contributed by atoms with Crippen molar-refractivity contribution in [1.29, 1.82) is 0 Å². The Morgan fingerprint density at radius 3 is 2.30 bits per heavy atom. The van der Waals surface area contributed by atoms with Gasteiger partial charge in [-0.1, -0.05) is 59.9 Å². The number of amides is 2. The molecular weight excluding hydrogens is 442 g/mol.